The average Bonchev–Trinajstić information content (AvgIpc) is 2.87. The molecule has 1 atom stereocenters. The lowest BCUT2D eigenvalue weighted by molar-refractivity contribution is -0.312. The summed E-state index contributed by atoms with van der Waals surface area (Å²) >= 11 is 0. The van der Waals surface area contributed by atoms with Crippen LogP contribution in [0.3, 0.4) is 0 Å². The smallest absolute Gasteiger partial charge is 0.446 e. The molecule has 0 amide bonds. The summed E-state index contributed by atoms with van der Waals surface area (Å²) in [4.78, 5) is 0. The second kappa shape index (κ2) is 11.6. The van der Waals surface area contributed by atoms with Crippen molar-refractivity contribution >= 4 is 0 Å². The zero-order valence-electron chi connectivity index (χ0n) is 21.5. The van der Waals surface area contributed by atoms with Gasteiger partial charge in [0.15, 0.2) is 17.5 Å². The normalized spacial score (nSPS) is 25.8. The van der Waals surface area contributed by atoms with Crippen LogP contribution in [0.15, 0.2) is 24.3 Å². The van der Waals surface area contributed by atoms with Crippen LogP contribution in [-0.4, -0.2) is 6.18 Å². The summed E-state index contributed by atoms with van der Waals surface area (Å²) < 4.78 is 131. The number of hydrogen-bond donors (Lipinski definition) is 0. The molecule has 2 saturated carbocycles. The Morgan fingerprint density at radius 1 is 0.692 bits per heavy atom. The first-order valence-electron chi connectivity index (χ1n) is 13.4. The predicted molar refractivity (Wildman–Crippen MR) is 127 cm³/mol. The van der Waals surface area contributed by atoms with Gasteiger partial charge in [0.05, 0.1) is 0 Å². The van der Waals surface area contributed by atoms with Gasteiger partial charge in [0.25, 0.3) is 0 Å². The Morgan fingerprint density at radius 3 is 1.64 bits per heavy atom. The van der Waals surface area contributed by atoms with Gasteiger partial charge in [-0.2, -0.15) is 17.6 Å². The van der Waals surface area contributed by atoms with Crippen molar-refractivity contribution in [1.82, 2.24) is 0 Å². The Bertz CT molecular complexity index is 1100. The minimum atomic E-state index is -6.05. The van der Waals surface area contributed by atoms with Crippen LogP contribution < -0.4 is 4.74 Å². The Hall–Kier alpha value is -2.39. The van der Waals surface area contributed by atoms with Crippen LogP contribution in [0.2, 0.25) is 0 Å². The van der Waals surface area contributed by atoms with E-state index >= 15 is 13.2 Å². The highest BCUT2D eigenvalue weighted by atomic mass is 19.4. The van der Waals surface area contributed by atoms with Crippen molar-refractivity contribution in [3.8, 4) is 5.75 Å². The quantitative estimate of drug-likeness (QED) is 0.239. The van der Waals surface area contributed by atoms with E-state index in [9.17, 15) is 26.3 Å². The minimum Gasteiger partial charge on any atom is -0.446 e. The fourth-order valence-electron chi connectivity index (χ4n) is 6.42. The molecule has 0 N–H and O–H groups in total. The highest BCUT2D eigenvalue weighted by molar-refractivity contribution is 5.35. The maximum absolute atomic E-state index is 15.3. The molecule has 216 valence electrons. The molecule has 2 aromatic carbocycles. The lowest BCUT2D eigenvalue weighted by Gasteiger charge is -2.38. The third kappa shape index (κ3) is 6.19. The molecular weight excluding hydrogens is 535 g/mol. The molecule has 10 heteroatoms. The second-order valence-electron chi connectivity index (χ2n) is 10.9. The molecule has 0 heterocycles. The van der Waals surface area contributed by atoms with Gasteiger partial charge in [0.1, 0.15) is 22.9 Å². The molecule has 0 aromatic heterocycles. The molecule has 0 bridgehead atoms. The van der Waals surface area contributed by atoms with E-state index in [1.54, 1.807) is 0 Å². The second-order valence-corrected chi connectivity index (χ2v) is 10.9. The van der Waals surface area contributed by atoms with E-state index in [-0.39, 0.29) is 23.6 Å². The first kappa shape index (κ1) is 29.6. The van der Waals surface area contributed by atoms with Crippen LogP contribution in [0, 0.1) is 46.8 Å². The molecule has 0 radical (unpaired) electrons. The van der Waals surface area contributed by atoms with Crippen molar-refractivity contribution in [3.63, 3.8) is 0 Å². The summed E-state index contributed by atoms with van der Waals surface area (Å²) in [5.74, 6) is -14.6. The van der Waals surface area contributed by atoms with Crippen molar-refractivity contribution in [2.24, 2.45) is 17.8 Å². The van der Waals surface area contributed by atoms with E-state index in [2.05, 4.69) is 11.7 Å². The van der Waals surface area contributed by atoms with Crippen LogP contribution >= 0.6 is 0 Å². The number of ether oxygens (including phenoxy) is 1. The zero-order chi connectivity index (χ0) is 28.5. The Labute approximate surface area is 221 Å². The van der Waals surface area contributed by atoms with Crippen molar-refractivity contribution in [1.29, 1.82) is 0 Å². The maximum Gasteiger partial charge on any atom is 0.465 e. The van der Waals surface area contributed by atoms with Crippen molar-refractivity contribution in [2.45, 2.75) is 89.1 Å². The van der Waals surface area contributed by atoms with E-state index in [1.807, 2.05) is 0 Å². The molecule has 0 aliphatic heterocycles. The molecule has 39 heavy (non-hydrogen) atoms. The third-order valence-corrected chi connectivity index (χ3v) is 8.46. The highest BCUT2D eigenvalue weighted by Gasteiger charge is 2.63. The van der Waals surface area contributed by atoms with Gasteiger partial charge < -0.3 is 4.74 Å². The lowest BCUT2D eigenvalue weighted by atomic mass is 9.68. The highest BCUT2D eigenvalue weighted by Crippen LogP contribution is 2.48. The summed E-state index contributed by atoms with van der Waals surface area (Å²) in [5.41, 5.74) is -1.98. The van der Waals surface area contributed by atoms with Crippen molar-refractivity contribution in [3.05, 3.63) is 64.5 Å². The predicted octanol–water partition coefficient (Wildman–Crippen LogP) is 10.0. The van der Waals surface area contributed by atoms with E-state index in [0.29, 0.717) is 36.8 Å². The first-order chi connectivity index (χ1) is 18.3. The summed E-state index contributed by atoms with van der Waals surface area (Å²) in [5, 5.41) is 0. The number of halogens is 9. The molecule has 4 rings (SSSR count). The molecule has 2 aromatic rings. The Balaban J connectivity index is 1.51. The number of benzene rings is 2. The van der Waals surface area contributed by atoms with Crippen LogP contribution in [0.5, 0.6) is 5.75 Å². The summed E-state index contributed by atoms with van der Waals surface area (Å²) in [6, 6.07) is 1.23. The fraction of sp³-hybridized carbons (Fsp3) is 0.586. The van der Waals surface area contributed by atoms with Gasteiger partial charge >= 0.3 is 12.0 Å². The molecule has 1 nitrogen and oxygen atoms in total. The molecule has 1 unspecified atom stereocenters. The van der Waals surface area contributed by atoms with Gasteiger partial charge in [-0.05, 0) is 79.9 Å². The first-order valence-corrected chi connectivity index (χ1v) is 13.4. The summed E-state index contributed by atoms with van der Waals surface area (Å²) in [7, 11) is 0. The summed E-state index contributed by atoms with van der Waals surface area (Å²) in [6.45, 7) is 2.18. The largest absolute Gasteiger partial charge is 0.465 e. The van der Waals surface area contributed by atoms with E-state index in [0.717, 1.165) is 31.6 Å². The average molecular weight is 567 g/mol. The summed E-state index contributed by atoms with van der Waals surface area (Å²) in [6.07, 6.45) is 3.97. The van der Waals surface area contributed by atoms with Crippen LogP contribution in [0.4, 0.5) is 39.5 Å². The number of alkyl halides is 4. The molecule has 2 aliphatic rings. The Kier molecular flexibility index (Phi) is 8.81. The van der Waals surface area contributed by atoms with Gasteiger partial charge in [-0.15, -0.1) is 0 Å². The monoisotopic (exact) mass is 566 g/mol. The molecular formula is C29H31F9O. The standard InChI is InChI=1S/C29H31F9O/c1-2-3-16-4-6-17(7-5-16)18-8-10-19(11-9-18)20-12-22(30)26(23(31)13-20)28(35,29(36,37)38)39-21-14-24(32)27(34)25(33)15-21/h12-19H,2-11H2,1H3. The molecule has 0 spiro atoms. The van der Waals surface area contributed by atoms with Crippen LogP contribution in [0.1, 0.15) is 88.2 Å². The topological polar surface area (TPSA) is 9.23 Å². The van der Waals surface area contributed by atoms with Gasteiger partial charge in [-0.1, -0.05) is 32.6 Å². The molecule has 2 aliphatic carbocycles. The van der Waals surface area contributed by atoms with Gasteiger partial charge in [-0.25, -0.2) is 22.0 Å². The van der Waals surface area contributed by atoms with Crippen LogP contribution in [0.25, 0.3) is 0 Å². The number of rotatable bonds is 7. The van der Waals surface area contributed by atoms with Gasteiger partial charge in [0.2, 0.25) is 0 Å². The fourth-order valence-corrected chi connectivity index (χ4v) is 6.42. The van der Waals surface area contributed by atoms with Crippen molar-refractivity contribution in [2.75, 3.05) is 0 Å². The van der Waals surface area contributed by atoms with Gasteiger partial charge in [-0.3, -0.25) is 0 Å². The maximum atomic E-state index is 15.3. The molecule has 2 fully saturated rings. The zero-order valence-corrected chi connectivity index (χ0v) is 21.5. The molecule has 0 saturated heterocycles. The SMILES string of the molecule is CCCC1CCC(C2CCC(c3cc(F)c(C(F)(Oc4cc(F)c(F)c(F)c4)C(F)(F)F)c(F)c3)CC2)CC1. The lowest BCUT2D eigenvalue weighted by Crippen LogP contribution is -2.45. The number of hydrogen-bond acceptors (Lipinski definition) is 1. The Morgan fingerprint density at radius 2 is 1.18 bits per heavy atom. The van der Waals surface area contributed by atoms with Crippen molar-refractivity contribution < 1.29 is 44.3 Å². The van der Waals surface area contributed by atoms with E-state index in [4.69, 9.17) is 0 Å². The van der Waals surface area contributed by atoms with E-state index in [1.165, 1.54) is 25.7 Å². The third-order valence-electron chi connectivity index (χ3n) is 8.46. The van der Waals surface area contributed by atoms with Crippen LogP contribution in [-0.2, 0) is 5.85 Å². The minimum absolute atomic E-state index is 0.0443. The van der Waals surface area contributed by atoms with Gasteiger partial charge in [0, 0.05) is 12.1 Å². The van der Waals surface area contributed by atoms with E-state index < -0.39 is 52.4 Å².